The van der Waals surface area contributed by atoms with Gasteiger partial charge in [0, 0.05) is 13.1 Å². The van der Waals surface area contributed by atoms with Crippen LogP contribution in [-0.2, 0) is 17.7 Å². The van der Waals surface area contributed by atoms with Gasteiger partial charge >= 0.3 is 0 Å². The van der Waals surface area contributed by atoms with Crippen molar-refractivity contribution in [3.63, 3.8) is 0 Å². The molecule has 0 amide bonds. The number of nitrogens with two attached hydrogens (primary N) is 1. The highest BCUT2D eigenvalue weighted by Crippen LogP contribution is 2.11. The van der Waals surface area contributed by atoms with E-state index in [4.69, 9.17) is 10.5 Å². The summed E-state index contributed by atoms with van der Waals surface area (Å²) in [5.41, 5.74) is 5.91. The lowest BCUT2D eigenvalue weighted by molar-refractivity contribution is 0.0674. The third-order valence-electron chi connectivity index (χ3n) is 2.52. The van der Waals surface area contributed by atoms with E-state index in [2.05, 4.69) is 22.1 Å². The van der Waals surface area contributed by atoms with Crippen LogP contribution < -0.4 is 5.73 Å². The minimum Gasteiger partial charge on any atom is -0.378 e. The largest absolute Gasteiger partial charge is 0.378 e. The predicted octanol–water partition coefficient (Wildman–Crippen LogP) is 0.865. The van der Waals surface area contributed by atoms with Crippen molar-refractivity contribution in [2.45, 2.75) is 19.9 Å². The maximum Gasteiger partial charge on any atom is 0.191 e. The lowest BCUT2D eigenvalue weighted by Gasteiger charge is -2.27. The fourth-order valence-corrected chi connectivity index (χ4v) is 2.24. The van der Waals surface area contributed by atoms with Crippen molar-refractivity contribution in [1.82, 2.24) is 15.1 Å². The van der Waals surface area contributed by atoms with Gasteiger partial charge in [-0.25, -0.2) is 4.99 Å². The number of ether oxygens (including phenoxy) is 1. The van der Waals surface area contributed by atoms with Gasteiger partial charge in [-0.05, 0) is 6.42 Å². The van der Waals surface area contributed by atoms with E-state index in [1.807, 2.05) is 4.90 Å². The fraction of sp³-hybridized carbons (Fsp3) is 0.700. The van der Waals surface area contributed by atoms with Crippen LogP contribution in [0.3, 0.4) is 0 Å². The van der Waals surface area contributed by atoms with E-state index in [0.717, 1.165) is 42.7 Å². The minimum absolute atomic E-state index is 0. The summed E-state index contributed by atoms with van der Waals surface area (Å²) in [6, 6.07) is 0. The predicted molar refractivity (Wildman–Crippen MR) is 82.4 cm³/mol. The van der Waals surface area contributed by atoms with Crippen LogP contribution in [0.25, 0.3) is 0 Å². The first-order valence-electron chi connectivity index (χ1n) is 5.73. The van der Waals surface area contributed by atoms with Crippen molar-refractivity contribution in [1.29, 1.82) is 0 Å². The van der Waals surface area contributed by atoms with Gasteiger partial charge in [0.25, 0.3) is 0 Å². The molecular weight excluding hydrogens is 365 g/mol. The van der Waals surface area contributed by atoms with Gasteiger partial charge in [-0.15, -0.1) is 34.2 Å². The molecule has 0 spiro atoms. The topological polar surface area (TPSA) is 76.6 Å². The molecule has 1 fully saturated rings. The van der Waals surface area contributed by atoms with Crippen LogP contribution in [0.5, 0.6) is 0 Å². The minimum atomic E-state index is 0. The molecule has 1 aliphatic heterocycles. The zero-order valence-electron chi connectivity index (χ0n) is 10.3. The molecule has 1 aliphatic rings. The van der Waals surface area contributed by atoms with Crippen LogP contribution in [0.1, 0.15) is 16.9 Å². The number of morpholine rings is 1. The fourth-order valence-electron chi connectivity index (χ4n) is 1.54. The Morgan fingerprint density at radius 2 is 2.06 bits per heavy atom. The highest BCUT2D eigenvalue weighted by molar-refractivity contribution is 14.0. The first kappa shape index (κ1) is 15.6. The number of hydrogen-bond acceptors (Lipinski definition) is 5. The van der Waals surface area contributed by atoms with E-state index < -0.39 is 0 Å². The molecule has 2 rings (SSSR count). The van der Waals surface area contributed by atoms with Crippen molar-refractivity contribution in [3.8, 4) is 0 Å². The Morgan fingerprint density at radius 1 is 1.39 bits per heavy atom. The second kappa shape index (κ2) is 7.85. The monoisotopic (exact) mass is 383 g/mol. The zero-order valence-corrected chi connectivity index (χ0v) is 13.5. The summed E-state index contributed by atoms with van der Waals surface area (Å²) in [5, 5.41) is 10.1. The van der Waals surface area contributed by atoms with E-state index in [9.17, 15) is 0 Å². The lowest BCUT2D eigenvalue weighted by atomic mass is 10.4. The summed E-state index contributed by atoms with van der Waals surface area (Å²) in [6.07, 6.45) is 0.917. The highest BCUT2D eigenvalue weighted by Gasteiger charge is 2.12. The Balaban J connectivity index is 0.00000162. The van der Waals surface area contributed by atoms with Gasteiger partial charge in [-0.3, -0.25) is 0 Å². The van der Waals surface area contributed by atoms with Crippen LogP contribution in [0.2, 0.25) is 0 Å². The van der Waals surface area contributed by atoms with E-state index in [1.165, 1.54) is 0 Å². The molecule has 102 valence electrons. The smallest absolute Gasteiger partial charge is 0.191 e. The number of aliphatic imine (C=N–C) groups is 1. The van der Waals surface area contributed by atoms with Crippen LogP contribution >= 0.6 is 35.3 Å². The third-order valence-corrected chi connectivity index (χ3v) is 3.57. The van der Waals surface area contributed by atoms with Crippen molar-refractivity contribution in [3.05, 3.63) is 10.0 Å². The van der Waals surface area contributed by atoms with Gasteiger partial charge in [0.05, 0.1) is 19.8 Å². The van der Waals surface area contributed by atoms with E-state index in [0.29, 0.717) is 12.5 Å². The van der Waals surface area contributed by atoms with Gasteiger partial charge in [-0.2, -0.15) is 0 Å². The van der Waals surface area contributed by atoms with Crippen molar-refractivity contribution in [2.24, 2.45) is 10.7 Å². The molecule has 0 aromatic carbocycles. The van der Waals surface area contributed by atoms with Gasteiger partial charge < -0.3 is 15.4 Å². The normalized spacial score (nSPS) is 16.5. The Bertz CT molecular complexity index is 391. The first-order chi connectivity index (χ1) is 8.29. The Morgan fingerprint density at radius 3 is 2.67 bits per heavy atom. The summed E-state index contributed by atoms with van der Waals surface area (Å²) in [5.74, 6) is 0.571. The Hall–Kier alpha value is -0.480. The number of aromatic nitrogens is 2. The zero-order chi connectivity index (χ0) is 12.1. The molecule has 0 aliphatic carbocycles. The molecule has 1 aromatic rings. The number of halogens is 1. The van der Waals surface area contributed by atoms with E-state index >= 15 is 0 Å². The molecule has 1 saturated heterocycles. The maximum atomic E-state index is 5.91. The Labute approximate surface area is 128 Å². The quantitative estimate of drug-likeness (QED) is 0.476. The van der Waals surface area contributed by atoms with E-state index in [-0.39, 0.29) is 24.0 Å². The maximum absolute atomic E-state index is 5.91. The van der Waals surface area contributed by atoms with Gasteiger partial charge in [-0.1, -0.05) is 18.3 Å². The number of nitrogens with zero attached hydrogens (tertiary/aromatic N) is 4. The molecule has 18 heavy (non-hydrogen) atoms. The third kappa shape index (κ3) is 4.32. The SMILES string of the molecule is CCc1nnc(CN=C(N)N2CCOCC2)s1.I. The average molecular weight is 383 g/mol. The van der Waals surface area contributed by atoms with Crippen LogP contribution in [0, 0.1) is 0 Å². The molecule has 0 bridgehead atoms. The summed E-state index contributed by atoms with van der Waals surface area (Å²) in [6.45, 7) is 5.64. The van der Waals surface area contributed by atoms with E-state index in [1.54, 1.807) is 11.3 Å². The number of aryl methyl sites for hydroxylation is 1. The molecule has 0 saturated carbocycles. The standard InChI is InChI=1S/C10H17N5OS.HI/c1-2-8-13-14-9(17-8)7-12-10(11)15-3-5-16-6-4-15;/h2-7H2,1H3,(H2,11,12);1H. The molecule has 1 aromatic heterocycles. The van der Waals surface area contributed by atoms with Crippen LogP contribution in [0.4, 0.5) is 0 Å². The summed E-state index contributed by atoms with van der Waals surface area (Å²) in [7, 11) is 0. The number of hydrogen-bond donors (Lipinski definition) is 1. The summed E-state index contributed by atoms with van der Waals surface area (Å²) < 4.78 is 5.26. The van der Waals surface area contributed by atoms with Crippen molar-refractivity contribution >= 4 is 41.3 Å². The average Bonchev–Trinajstić information content (AvgIpc) is 2.85. The molecule has 8 heteroatoms. The number of guanidine groups is 1. The molecule has 0 radical (unpaired) electrons. The second-order valence-electron chi connectivity index (χ2n) is 3.72. The molecular formula is C10H18IN5OS. The van der Waals surface area contributed by atoms with Gasteiger partial charge in [0.2, 0.25) is 0 Å². The molecule has 0 unspecified atom stereocenters. The molecule has 6 nitrogen and oxygen atoms in total. The van der Waals surface area contributed by atoms with Crippen LogP contribution in [-0.4, -0.2) is 47.4 Å². The molecule has 2 heterocycles. The number of rotatable bonds is 3. The first-order valence-corrected chi connectivity index (χ1v) is 6.55. The highest BCUT2D eigenvalue weighted by atomic mass is 127. The molecule has 0 atom stereocenters. The second-order valence-corrected chi connectivity index (χ2v) is 4.86. The van der Waals surface area contributed by atoms with Gasteiger partial charge in [0.15, 0.2) is 5.96 Å². The van der Waals surface area contributed by atoms with Crippen LogP contribution in [0.15, 0.2) is 4.99 Å². The molecule has 2 N–H and O–H groups in total. The van der Waals surface area contributed by atoms with Crippen molar-refractivity contribution in [2.75, 3.05) is 26.3 Å². The Kier molecular flexibility index (Phi) is 6.79. The van der Waals surface area contributed by atoms with Gasteiger partial charge in [0.1, 0.15) is 10.0 Å². The summed E-state index contributed by atoms with van der Waals surface area (Å²) >= 11 is 1.59. The lowest BCUT2D eigenvalue weighted by Crippen LogP contribution is -2.44. The summed E-state index contributed by atoms with van der Waals surface area (Å²) in [4.78, 5) is 6.37. The van der Waals surface area contributed by atoms with Crippen molar-refractivity contribution < 1.29 is 4.74 Å².